The molecule has 1 aromatic rings. The Bertz CT molecular complexity index is 632. The van der Waals surface area contributed by atoms with Gasteiger partial charge >= 0.3 is 0 Å². The quantitative estimate of drug-likeness (QED) is 0.821. The average molecular weight is 404 g/mol. The first-order chi connectivity index (χ1) is 10.4. The van der Waals surface area contributed by atoms with Gasteiger partial charge in [0.2, 0.25) is 10.0 Å². The van der Waals surface area contributed by atoms with E-state index in [-0.39, 0.29) is 27.3 Å². The summed E-state index contributed by atoms with van der Waals surface area (Å²) in [4.78, 5) is 0.0343. The molecule has 1 aliphatic rings. The van der Waals surface area contributed by atoms with E-state index in [1.54, 1.807) is 0 Å². The third-order valence-corrected chi connectivity index (χ3v) is 6.55. The summed E-state index contributed by atoms with van der Waals surface area (Å²) in [6, 6.07) is 2.79. The summed E-state index contributed by atoms with van der Waals surface area (Å²) in [5.41, 5.74) is 0. The van der Waals surface area contributed by atoms with Crippen molar-refractivity contribution in [3.63, 3.8) is 0 Å². The molecule has 1 aliphatic heterocycles. The lowest BCUT2D eigenvalue weighted by Crippen LogP contribution is -2.40. The van der Waals surface area contributed by atoms with Crippen LogP contribution < -0.4 is 10.1 Å². The van der Waals surface area contributed by atoms with Gasteiger partial charge in [0, 0.05) is 19.2 Å². The molecule has 1 N–H and O–H groups in total. The zero-order valence-corrected chi connectivity index (χ0v) is 16.2. The Kier molecular flexibility index (Phi) is 7.90. The number of benzene rings is 1. The number of hydrogen-bond acceptors (Lipinski definition) is 4. The Balaban J connectivity index is 0.00000264. The molecule has 1 fully saturated rings. The number of hydrogen-bond donors (Lipinski definition) is 1. The summed E-state index contributed by atoms with van der Waals surface area (Å²) in [5, 5.41) is 3.49. The molecule has 1 heterocycles. The van der Waals surface area contributed by atoms with Gasteiger partial charge in [0.15, 0.2) is 0 Å². The van der Waals surface area contributed by atoms with Crippen LogP contribution in [-0.4, -0.2) is 46.5 Å². The molecule has 0 aliphatic carbocycles. The molecular weight excluding hydrogens is 383 g/mol. The molecule has 0 bridgehead atoms. The summed E-state index contributed by atoms with van der Waals surface area (Å²) in [5.74, 6) is 0.865. The number of halogens is 3. The summed E-state index contributed by atoms with van der Waals surface area (Å²) < 4.78 is 32.0. The van der Waals surface area contributed by atoms with Crippen molar-refractivity contribution >= 4 is 45.6 Å². The van der Waals surface area contributed by atoms with Crippen molar-refractivity contribution in [2.45, 2.75) is 17.7 Å². The maximum Gasteiger partial charge on any atom is 0.244 e. The predicted molar refractivity (Wildman–Crippen MR) is 95.7 cm³/mol. The van der Waals surface area contributed by atoms with Gasteiger partial charge in [-0.15, -0.1) is 12.4 Å². The average Bonchev–Trinajstić information content (AvgIpc) is 2.50. The van der Waals surface area contributed by atoms with E-state index in [4.69, 9.17) is 27.9 Å². The monoisotopic (exact) mass is 402 g/mol. The molecule has 0 saturated carbocycles. The molecule has 1 aromatic carbocycles. The normalized spacial score (nSPS) is 16.9. The number of ether oxygens (including phenoxy) is 1. The van der Waals surface area contributed by atoms with Crippen molar-refractivity contribution in [2.24, 2.45) is 5.92 Å². The zero-order chi connectivity index (χ0) is 16.3. The van der Waals surface area contributed by atoms with Crippen LogP contribution in [0.5, 0.6) is 5.75 Å². The lowest BCUT2D eigenvalue weighted by molar-refractivity contribution is 0.270. The first kappa shape index (κ1) is 20.8. The minimum Gasteiger partial charge on any atom is -0.495 e. The van der Waals surface area contributed by atoms with Gasteiger partial charge in [0.05, 0.1) is 17.2 Å². The highest BCUT2D eigenvalue weighted by atomic mass is 35.5. The maximum absolute atomic E-state index is 12.8. The fourth-order valence-corrected chi connectivity index (χ4v) is 4.94. The maximum atomic E-state index is 12.8. The molecule has 23 heavy (non-hydrogen) atoms. The highest BCUT2D eigenvalue weighted by molar-refractivity contribution is 7.89. The fraction of sp³-hybridized carbons (Fsp3) is 0.571. The molecule has 132 valence electrons. The molecule has 0 unspecified atom stereocenters. The van der Waals surface area contributed by atoms with Crippen molar-refractivity contribution in [1.29, 1.82) is 0 Å². The van der Waals surface area contributed by atoms with E-state index in [9.17, 15) is 8.42 Å². The lowest BCUT2D eigenvalue weighted by atomic mass is 9.98. The van der Waals surface area contributed by atoms with Crippen molar-refractivity contribution in [3.8, 4) is 5.75 Å². The van der Waals surface area contributed by atoms with Crippen LogP contribution in [0, 0.1) is 5.92 Å². The number of sulfonamides is 1. The van der Waals surface area contributed by atoms with Crippen LogP contribution in [-0.2, 0) is 10.0 Å². The Morgan fingerprint density at radius 3 is 2.39 bits per heavy atom. The van der Waals surface area contributed by atoms with Gasteiger partial charge in [-0.1, -0.05) is 23.2 Å². The molecule has 0 spiro atoms. The van der Waals surface area contributed by atoms with E-state index in [2.05, 4.69) is 5.32 Å². The first-order valence-electron chi connectivity index (χ1n) is 7.08. The van der Waals surface area contributed by atoms with Gasteiger partial charge in [-0.05, 0) is 38.4 Å². The van der Waals surface area contributed by atoms with E-state index in [0.717, 1.165) is 19.4 Å². The highest BCUT2D eigenvalue weighted by Crippen LogP contribution is 2.35. The highest BCUT2D eigenvalue weighted by Gasteiger charge is 2.31. The third-order valence-electron chi connectivity index (χ3n) is 3.89. The fourth-order valence-electron chi connectivity index (χ4n) is 2.65. The smallest absolute Gasteiger partial charge is 0.244 e. The van der Waals surface area contributed by atoms with Gasteiger partial charge in [-0.3, -0.25) is 0 Å². The van der Waals surface area contributed by atoms with E-state index < -0.39 is 10.0 Å². The van der Waals surface area contributed by atoms with Crippen LogP contribution >= 0.6 is 35.6 Å². The summed E-state index contributed by atoms with van der Waals surface area (Å²) in [7, 11) is -0.276. The van der Waals surface area contributed by atoms with Crippen LogP contribution in [0.2, 0.25) is 10.0 Å². The molecule has 9 heteroatoms. The van der Waals surface area contributed by atoms with Gasteiger partial charge in [0.25, 0.3) is 0 Å². The molecule has 0 atom stereocenters. The van der Waals surface area contributed by atoms with Crippen molar-refractivity contribution in [2.75, 3.05) is 33.8 Å². The second-order valence-corrected chi connectivity index (χ2v) is 8.04. The predicted octanol–water partition coefficient (Wildman–Crippen LogP) is 3.04. The van der Waals surface area contributed by atoms with Gasteiger partial charge < -0.3 is 10.1 Å². The number of rotatable bonds is 5. The first-order valence-corrected chi connectivity index (χ1v) is 9.27. The third kappa shape index (κ3) is 4.65. The second kappa shape index (κ2) is 8.74. The van der Waals surface area contributed by atoms with Crippen LogP contribution in [0.1, 0.15) is 12.8 Å². The summed E-state index contributed by atoms with van der Waals surface area (Å²) >= 11 is 12.1. The molecular formula is C14H21Cl3N2O3S. The SMILES string of the molecule is CNCC1CCN(S(=O)(=O)c2cc(Cl)c(OC)cc2Cl)CC1.Cl. The number of methoxy groups -OCH3 is 1. The van der Waals surface area contributed by atoms with E-state index >= 15 is 0 Å². The number of nitrogens with zero attached hydrogens (tertiary/aromatic N) is 1. The second-order valence-electron chi connectivity index (χ2n) is 5.32. The minimum atomic E-state index is -3.64. The van der Waals surface area contributed by atoms with Crippen molar-refractivity contribution in [3.05, 3.63) is 22.2 Å². The van der Waals surface area contributed by atoms with Crippen molar-refractivity contribution < 1.29 is 13.2 Å². The van der Waals surface area contributed by atoms with E-state index in [0.29, 0.717) is 24.8 Å². The minimum absolute atomic E-state index is 0. The standard InChI is InChI=1S/C14H20Cl2N2O3S.ClH/c1-17-9-10-3-5-18(6-4-10)22(19,20)14-8-11(15)13(21-2)7-12(14)16;/h7-8,10,17H,3-6,9H2,1-2H3;1H. The molecule has 5 nitrogen and oxygen atoms in total. The molecule has 1 saturated heterocycles. The lowest BCUT2D eigenvalue weighted by Gasteiger charge is -2.31. The number of piperidine rings is 1. The van der Waals surface area contributed by atoms with Gasteiger partial charge in [-0.2, -0.15) is 4.31 Å². The Hall–Kier alpha value is -0.240. The van der Waals surface area contributed by atoms with Crippen LogP contribution in [0.25, 0.3) is 0 Å². The van der Waals surface area contributed by atoms with Gasteiger partial charge in [0.1, 0.15) is 10.6 Å². The Morgan fingerprint density at radius 2 is 1.87 bits per heavy atom. The van der Waals surface area contributed by atoms with Crippen molar-refractivity contribution in [1.82, 2.24) is 9.62 Å². The largest absolute Gasteiger partial charge is 0.495 e. The van der Waals surface area contributed by atoms with Crippen LogP contribution in [0.3, 0.4) is 0 Å². The Labute approximate surface area is 153 Å². The molecule has 2 rings (SSSR count). The molecule has 0 amide bonds. The Morgan fingerprint density at radius 1 is 1.26 bits per heavy atom. The topological polar surface area (TPSA) is 58.6 Å². The van der Waals surface area contributed by atoms with Gasteiger partial charge in [-0.25, -0.2) is 8.42 Å². The van der Waals surface area contributed by atoms with Crippen LogP contribution in [0.4, 0.5) is 0 Å². The van der Waals surface area contributed by atoms with E-state index in [1.165, 1.54) is 23.5 Å². The zero-order valence-electron chi connectivity index (χ0n) is 13.0. The summed E-state index contributed by atoms with van der Waals surface area (Å²) in [6.07, 6.45) is 1.67. The summed E-state index contributed by atoms with van der Waals surface area (Å²) in [6.45, 7) is 1.90. The van der Waals surface area contributed by atoms with Crippen LogP contribution in [0.15, 0.2) is 17.0 Å². The molecule has 0 radical (unpaired) electrons. The number of nitrogens with one attached hydrogen (secondary N) is 1. The molecule has 0 aromatic heterocycles. The van der Waals surface area contributed by atoms with E-state index in [1.807, 2.05) is 7.05 Å².